The minimum Gasteiger partial charge on any atom is -0.495 e. The van der Waals surface area contributed by atoms with Gasteiger partial charge in [0.15, 0.2) is 5.65 Å². The molecule has 6 heteroatoms. The summed E-state index contributed by atoms with van der Waals surface area (Å²) in [5.41, 5.74) is 12.3. The van der Waals surface area contributed by atoms with Gasteiger partial charge in [0.2, 0.25) is 0 Å². The van der Waals surface area contributed by atoms with Gasteiger partial charge in [-0.25, -0.2) is 4.98 Å². The molecule has 0 aliphatic rings. The molecule has 2 aromatic carbocycles. The lowest BCUT2D eigenvalue weighted by Gasteiger charge is -2.19. The standard InChI is InChI=1S/C25H25N5O/c1-4-29(17-18(2)26)22-11-10-20(15-24(22)31-3)23-16-28-25-21(27-12-13-30(23)25)14-19-8-6-5-7-9-19/h4-13,15-17H,1,14,26H2,2-3H3/b18-17-. The highest BCUT2D eigenvalue weighted by molar-refractivity contribution is 5.73. The summed E-state index contributed by atoms with van der Waals surface area (Å²) in [5, 5.41) is 0. The number of ether oxygens (including phenoxy) is 1. The van der Waals surface area contributed by atoms with E-state index in [1.54, 1.807) is 19.5 Å². The lowest BCUT2D eigenvalue weighted by molar-refractivity contribution is 0.416. The van der Waals surface area contributed by atoms with Crippen molar-refractivity contribution < 1.29 is 4.74 Å². The Kier molecular flexibility index (Phi) is 5.71. The monoisotopic (exact) mass is 411 g/mol. The molecule has 0 aliphatic heterocycles. The van der Waals surface area contributed by atoms with Crippen LogP contribution in [-0.4, -0.2) is 21.5 Å². The van der Waals surface area contributed by atoms with E-state index in [9.17, 15) is 0 Å². The van der Waals surface area contributed by atoms with E-state index in [-0.39, 0.29) is 0 Å². The van der Waals surface area contributed by atoms with Crippen LogP contribution in [0.15, 0.2) is 91.8 Å². The molecule has 0 fully saturated rings. The topological polar surface area (TPSA) is 68.7 Å². The van der Waals surface area contributed by atoms with Gasteiger partial charge in [0.25, 0.3) is 0 Å². The summed E-state index contributed by atoms with van der Waals surface area (Å²) >= 11 is 0. The van der Waals surface area contributed by atoms with Crippen LogP contribution in [0.1, 0.15) is 18.2 Å². The molecule has 0 saturated heterocycles. The van der Waals surface area contributed by atoms with Gasteiger partial charge in [0, 0.05) is 42.5 Å². The van der Waals surface area contributed by atoms with Crippen LogP contribution in [-0.2, 0) is 6.42 Å². The first kappa shape index (κ1) is 20.2. The second-order valence-electron chi connectivity index (χ2n) is 7.22. The molecular formula is C25H25N5O. The summed E-state index contributed by atoms with van der Waals surface area (Å²) < 4.78 is 7.73. The van der Waals surface area contributed by atoms with Crippen molar-refractivity contribution in [2.75, 3.05) is 12.0 Å². The largest absolute Gasteiger partial charge is 0.495 e. The van der Waals surface area contributed by atoms with Crippen molar-refractivity contribution in [2.24, 2.45) is 5.73 Å². The summed E-state index contributed by atoms with van der Waals surface area (Å²) in [6.07, 6.45) is 9.85. The molecule has 31 heavy (non-hydrogen) atoms. The molecule has 0 spiro atoms. The maximum atomic E-state index is 5.85. The predicted octanol–water partition coefficient (Wildman–Crippen LogP) is 4.77. The van der Waals surface area contributed by atoms with E-state index in [0.717, 1.165) is 34.7 Å². The van der Waals surface area contributed by atoms with Crippen LogP contribution in [0.4, 0.5) is 5.69 Å². The summed E-state index contributed by atoms with van der Waals surface area (Å²) in [7, 11) is 1.65. The van der Waals surface area contributed by atoms with E-state index in [0.29, 0.717) is 11.4 Å². The highest BCUT2D eigenvalue weighted by atomic mass is 16.5. The molecule has 156 valence electrons. The maximum absolute atomic E-state index is 5.85. The average Bonchev–Trinajstić information content (AvgIpc) is 3.23. The number of fused-ring (bicyclic) bond motifs is 1. The van der Waals surface area contributed by atoms with Crippen LogP contribution in [0.5, 0.6) is 5.75 Å². The minimum atomic E-state index is 0.672. The average molecular weight is 412 g/mol. The molecule has 0 aliphatic carbocycles. The molecule has 0 radical (unpaired) electrons. The van der Waals surface area contributed by atoms with Gasteiger partial charge in [-0.1, -0.05) is 43.0 Å². The Morgan fingerprint density at radius 1 is 1.19 bits per heavy atom. The minimum absolute atomic E-state index is 0.672. The number of aromatic nitrogens is 3. The third-order valence-electron chi connectivity index (χ3n) is 5.01. The van der Waals surface area contributed by atoms with Gasteiger partial charge < -0.3 is 15.4 Å². The van der Waals surface area contributed by atoms with Crippen LogP contribution in [0.25, 0.3) is 16.9 Å². The van der Waals surface area contributed by atoms with E-state index in [1.165, 1.54) is 5.56 Å². The van der Waals surface area contributed by atoms with Crippen molar-refractivity contribution in [1.82, 2.24) is 14.4 Å². The zero-order valence-corrected chi connectivity index (χ0v) is 17.7. The first-order valence-corrected chi connectivity index (χ1v) is 9.98. The fraction of sp³-hybridized carbons (Fsp3) is 0.120. The van der Waals surface area contributed by atoms with Crippen molar-refractivity contribution in [3.63, 3.8) is 0 Å². The normalized spacial score (nSPS) is 11.5. The van der Waals surface area contributed by atoms with Gasteiger partial charge in [0.1, 0.15) is 5.75 Å². The number of methoxy groups -OCH3 is 1. The quantitative estimate of drug-likeness (QED) is 0.475. The van der Waals surface area contributed by atoms with Gasteiger partial charge in [-0.2, -0.15) is 0 Å². The highest BCUT2D eigenvalue weighted by Gasteiger charge is 2.14. The van der Waals surface area contributed by atoms with Gasteiger partial charge in [-0.3, -0.25) is 9.38 Å². The molecule has 2 heterocycles. The lowest BCUT2D eigenvalue weighted by Crippen LogP contribution is -2.11. The first-order valence-electron chi connectivity index (χ1n) is 9.98. The lowest BCUT2D eigenvalue weighted by atomic mass is 10.1. The van der Waals surface area contributed by atoms with Gasteiger partial charge in [-0.15, -0.1) is 0 Å². The number of allylic oxidation sites excluding steroid dienone is 1. The highest BCUT2D eigenvalue weighted by Crippen LogP contribution is 2.34. The molecule has 0 bridgehead atoms. The Hall–Kier alpha value is -4.06. The number of nitrogens with two attached hydrogens (primary N) is 1. The Labute approximate surface area is 181 Å². The van der Waals surface area contributed by atoms with Crippen LogP contribution in [0.2, 0.25) is 0 Å². The zero-order chi connectivity index (χ0) is 21.8. The molecule has 2 aromatic heterocycles. The van der Waals surface area contributed by atoms with Crippen molar-refractivity contribution in [2.45, 2.75) is 13.3 Å². The van der Waals surface area contributed by atoms with Crippen LogP contribution >= 0.6 is 0 Å². The number of hydrogen-bond acceptors (Lipinski definition) is 5. The number of hydrogen-bond donors (Lipinski definition) is 1. The second kappa shape index (κ2) is 8.75. The first-order chi connectivity index (χ1) is 15.1. The van der Waals surface area contributed by atoms with Crippen LogP contribution in [0, 0.1) is 0 Å². The Balaban J connectivity index is 1.75. The maximum Gasteiger partial charge on any atom is 0.159 e. The van der Waals surface area contributed by atoms with E-state index in [4.69, 9.17) is 10.5 Å². The van der Waals surface area contributed by atoms with E-state index in [2.05, 4.69) is 33.1 Å². The van der Waals surface area contributed by atoms with Crippen molar-refractivity contribution in [3.8, 4) is 17.0 Å². The third kappa shape index (κ3) is 4.14. The van der Waals surface area contributed by atoms with Gasteiger partial charge in [-0.05, 0) is 24.6 Å². The molecule has 0 saturated carbocycles. The predicted molar refractivity (Wildman–Crippen MR) is 125 cm³/mol. The number of rotatable bonds is 7. The molecule has 4 rings (SSSR count). The van der Waals surface area contributed by atoms with Crippen LogP contribution < -0.4 is 15.4 Å². The van der Waals surface area contributed by atoms with E-state index in [1.807, 2.05) is 66.8 Å². The second-order valence-corrected chi connectivity index (χ2v) is 7.22. The summed E-state index contributed by atoms with van der Waals surface area (Å²) in [5.74, 6) is 0.711. The molecule has 0 unspecified atom stereocenters. The third-order valence-corrected chi connectivity index (χ3v) is 5.01. The van der Waals surface area contributed by atoms with Gasteiger partial charge in [0.05, 0.1) is 30.4 Å². The number of imidazole rings is 1. The Morgan fingerprint density at radius 2 is 2.00 bits per heavy atom. The van der Waals surface area contributed by atoms with Crippen molar-refractivity contribution in [3.05, 3.63) is 103 Å². The molecule has 4 aromatic rings. The Morgan fingerprint density at radius 3 is 2.71 bits per heavy atom. The summed E-state index contributed by atoms with van der Waals surface area (Å²) in [4.78, 5) is 11.1. The fourth-order valence-corrected chi connectivity index (χ4v) is 3.59. The molecule has 6 nitrogen and oxygen atoms in total. The van der Waals surface area contributed by atoms with Gasteiger partial charge >= 0.3 is 0 Å². The molecule has 0 amide bonds. The fourth-order valence-electron chi connectivity index (χ4n) is 3.59. The van der Waals surface area contributed by atoms with E-state index >= 15 is 0 Å². The molecular weight excluding hydrogens is 386 g/mol. The van der Waals surface area contributed by atoms with Crippen molar-refractivity contribution in [1.29, 1.82) is 0 Å². The summed E-state index contributed by atoms with van der Waals surface area (Å²) in [6, 6.07) is 16.3. The molecule has 0 atom stereocenters. The van der Waals surface area contributed by atoms with Crippen LogP contribution in [0.3, 0.4) is 0 Å². The van der Waals surface area contributed by atoms with Crippen molar-refractivity contribution >= 4 is 11.3 Å². The molecule has 2 N–H and O–H groups in total. The summed E-state index contributed by atoms with van der Waals surface area (Å²) in [6.45, 7) is 5.70. The smallest absolute Gasteiger partial charge is 0.159 e. The number of benzene rings is 2. The number of anilines is 1. The SMILES string of the molecule is C=CN(/C=C(/C)N)c1ccc(-c2cnc3c(Cc4ccccc4)nccn23)cc1OC. The number of nitrogens with zero attached hydrogens (tertiary/aromatic N) is 4. The van der Waals surface area contributed by atoms with E-state index < -0.39 is 0 Å². The zero-order valence-electron chi connectivity index (χ0n) is 17.7. The Bertz CT molecular complexity index is 1240.